The first-order valence-corrected chi connectivity index (χ1v) is 11.0. The second kappa shape index (κ2) is 7.82. The Morgan fingerprint density at radius 2 is 1.82 bits per heavy atom. The lowest BCUT2D eigenvalue weighted by atomic mass is 9.54. The Labute approximate surface area is 168 Å². The highest BCUT2D eigenvalue weighted by molar-refractivity contribution is 5.71. The highest BCUT2D eigenvalue weighted by Crippen LogP contribution is 2.56. The average molecular weight is 394 g/mol. The molecule has 2 saturated heterocycles. The highest BCUT2D eigenvalue weighted by Gasteiger charge is 2.58. The maximum atomic E-state index is 11.8. The molecule has 2 heterocycles. The van der Waals surface area contributed by atoms with E-state index in [4.69, 9.17) is 4.74 Å². The largest absolute Gasteiger partial charge is 0.468 e. The van der Waals surface area contributed by atoms with Crippen LogP contribution in [-0.2, 0) is 9.53 Å². The molecule has 28 heavy (non-hydrogen) atoms. The molecule has 4 aliphatic rings. The number of rotatable bonds is 6. The van der Waals surface area contributed by atoms with Gasteiger partial charge in [0.1, 0.15) is 0 Å². The first kappa shape index (κ1) is 20.0. The summed E-state index contributed by atoms with van der Waals surface area (Å²) in [5.74, 6) is 0.494. The van der Waals surface area contributed by atoms with Crippen molar-refractivity contribution in [2.75, 3.05) is 39.8 Å². The Bertz CT molecular complexity index is 602. The van der Waals surface area contributed by atoms with Crippen molar-refractivity contribution in [2.45, 2.75) is 70.0 Å². The molecule has 1 spiro atoms. The number of amides is 1. The molecule has 0 radical (unpaired) electrons. The molecule has 158 valence electrons. The minimum absolute atomic E-state index is 0.120. The third kappa shape index (κ3) is 3.63. The van der Waals surface area contributed by atoms with Crippen LogP contribution in [0.1, 0.15) is 51.9 Å². The summed E-state index contributed by atoms with van der Waals surface area (Å²) in [7, 11) is 1.47. The van der Waals surface area contributed by atoms with Crippen LogP contribution in [0.25, 0.3) is 0 Å². The number of likely N-dealkylation sites (tertiary alicyclic amines) is 2. The van der Waals surface area contributed by atoms with E-state index in [1.807, 2.05) is 0 Å². The predicted octanol–water partition coefficient (Wildman–Crippen LogP) is 2.26. The van der Waals surface area contributed by atoms with Gasteiger partial charge in [-0.05, 0) is 62.9 Å². The van der Waals surface area contributed by atoms with Crippen LogP contribution < -0.4 is 0 Å². The number of methoxy groups -OCH3 is 1. The molecular formula is C21H35N3O4. The third-order valence-electron chi connectivity index (χ3n) is 7.95. The Balaban J connectivity index is 1.32. The Hall–Kier alpha value is -1.34. The summed E-state index contributed by atoms with van der Waals surface area (Å²) in [5.41, 5.74) is 0.222. The normalized spacial score (nSPS) is 34.0. The lowest BCUT2D eigenvalue weighted by Crippen LogP contribution is -2.62. The van der Waals surface area contributed by atoms with Gasteiger partial charge in [0.2, 0.25) is 0 Å². The average Bonchev–Trinajstić information content (AvgIpc) is 3.41. The predicted molar refractivity (Wildman–Crippen MR) is 105 cm³/mol. The molecule has 3 atom stereocenters. The summed E-state index contributed by atoms with van der Waals surface area (Å²) in [6.45, 7) is 6.30. The summed E-state index contributed by atoms with van der Waals surface area (Å²) in [4.78, 5) is 29.8. The zero-order valence-corrected chi connectivity index (χ0v) is 17.3. The van der Waals surface area contributed by atoms with E-state index >= 15 is 0 Å². The SMILES string of the molecule is CCC1C(N2CCC(N(CC(=O)OC)C3CC3)CC2)CC12CCN(C(=O)O)C2. The van der Waals surface area contributed by atoms with Crippen molar-refractivity contribution in [3.8, 4) is 0 Å². The molecule has 0 aromatic rings. The number of hydrogen-bond acceptors (Lipinski definition) is 5. The van der Waals surface area contributed by atoms with Crippen LogP contribution in [0.15, 0.2) is 0 Å². The standard InChI is InChI=1S/C21H35N3O4/c1-3-17-18(12-21(17)8-11-23(14-21)20(26)27)22-9-6-16(7-10-22)24(15-4-5-15)13-19(25)28-2/h15-18H,3-14H2,1-2H3,(H,26,27). The molecule has 1 N–H and O–H groups in total. The van der Waals surface area contributed by atoms with Crippen molar-refractivity contribution in [3.05, 3.63) is 0 Å². The quantitative estimate of drug-likeness (QED) is 0.698. The van der Waals surface area contributed by atoms with E-state index in [9.17, 15) is 14.7 Å². The maximum Gasteiger partial charge on any atom is 0.407 e. The molecule has 1 amide bonds. The molecule has 2 aliphatic carbocycles. The fraction of sp³-hybridized carbons (Fsp3) is 0.905. The van der Waals surface area contributed by atoms with Crippen LogP contribution in [0.5, 0.6) is 0 Å². The number of carbonyl (C=O) groups excluding carboxylic acids is 1. The minimum Gasteiger partial charge on any atom is -0.468 e. The van der Waals surface area contributed by atoms with Gasteiger partial charge in [-0.25, -0.2) is 4.79 Å². The zero-order chi connectivity index (χ0) is 19.9. The van der Waals surface area contributed by atoms with Gasteiger partial charge in [0, 0.05) is 31.2 Å². The smallest absolute Gasteiger partial charge is 0.407 e. The number of hydrogen-bond donors (Lipinski definition) is 1. The van der Waals surface area contributed by atoms with E-state index in [-0.39, 0.29) is 11.4 Å². The number of piperidine rings is 1. The van der Waals surface area contributed by atoms with E-state index in [0.29, 0.717) is 37.1 Å². The number of nitrogens with zero attached hydrogens (tertiary/aromatic N) is 3. The van der Waals surface area contributed by atoms with Gasteiger partial charge < -0.3 is 14.7 Å². The number of ether oxygens (including phenoxy) is 1. The molecule has 7 nitrogen and oxygen atoms in total. The van der Waals surface area contributed by atoms with Gasteiger partial charge in [-0.2, -0.15) is 0 Å². The first-order chi connectivity index (χ1) is 13.5. The summed E-state index contributed by atoms with van der Waals surface area (Å²) in [6.07, 6.45) is 7.20. The summed E-state index contributed by atoms with van der Waals surface area (Å²) < 4.78 is 4.91. The van der Waals surface area contributed by atoms with Gasteiger partial charge in [0.15, 0.2) is 0 Å². The number of esters is 1. The molecule has 0 aromatic carbocycles. The van der Waals surface area contributed by atoms with Crippen LogP contribution in [0, 0.1) is 11.3 Å². The van der Waals surface area contributed by atoms with Crippen molar-refractivity contribution < 1.29 is 19.4 Å². The van der Waals surface area contributed by atoms with Crippen molar-refractivity contribution in [3.63, 3.8) is 0 Å². The van der Waals surface area contributed by atoms with E-state index < -0.39 is 6.09 Å². The Kier molecular flexibility index (Phi) is 5.58. The lowest BCUT2D eigenvalue weighted by molar-refractivity contribution is -0.143. The van der Waals surface area contributed by atoms with Gasteiger partial charge >= 0.3 is 12.1 Å². The van der Waals surface area contributed by atoms with Gasteiger partial charge in [-0.1, -0.05) is 13.3 Å². The van der Waals surface area contributed by atoms with Gasteiger partial charge in [0.25, 0.3) is 0 Å². The van der Waals surface area contributed by atoms with Crippen molar-refractivity contribution in [1.29, 1.82) is 0 Å². The highest BCUT2D eigenvalue weighted by atomic mass is 16.5. The van der Waals surface area contributed by atoms with Gasteiger partial charge in [-0.3, -0.25) is 14.6 Å². The molecule has 7 heteroatoms. The van der Waals surface area contributed by atoms with Crippen molar-refractivity contribution in [1.82, 2.24) is 14.7 Å². The fourth-order valence-corrected chi connectivity index (χ4v) is 6.30. The van der Waals surface area contributed by atoms with E-state index in [1.165, 1.54) is 20.0 Å². The number of carboxylic acid groups (broad SMARTS) is 1. The topological polar surface area (TPSA) is 73.3 Å². The van der Waals surface area contributed by atoms with Crippen LogP contribution in [0.2, 0.25) is 0 Å². The van der Waals surface area contributed by atoms with Crippen LogP contribution in [0.3, 0.4) is 0 Å². The van der Waals surface area contributed by atoms with E-state index in [2.05, 4.69) is 16.7 Å². The molecule has 4 fully saturated rings. The minimum atomic E-state index is -0.762. The summed E-state index contributed by atoms with van der Waals surface area (Å²) in [6, 6.07) is 1.67. The maximum absolute atomic E-state index is 11.8. The van der Waals surface area contributed by atoms with Crippen LogP contribution in [0.4, 0.5) is 4.79 Å². The number of carbonyl (C=O) groups is 2. The molecule has 4 rings (SSSR count). The second-order valence-corrected chi connectivity index (χ2v) is 9.35. The molecule has 2 aliphatic heterocycles. The molecule has 3 unspecified atom stereocenters. The molecule has 0 bridgehead atoms. The molecular weight excluding hydrogens is 358 g/mol. The summed E-state index contributed by atoms with van der Waals surface area (Å²) in [5, 5.41) is 9.33. The monoisotopic (exact) mass is 393 g/mol. The third-order valence-corrected chi connectivity index (χ3v) is 7.95. The van der Waals surface area contributed by atoms with Crippen LogP contribution in [-0.4, -0.2) is 89.8 Å². The van der Waals surface area contributed by atoms with E-state index in [0.717, 1.165) is 51.7 Å². The zero-order valence-electron chi connectivity index (χ0n) is 17.3. The fourth-order valence-electron chi connectivity index (χ4n) is 6.30. The van der Waals surface area contributed by atoms with Gasteiger partial charge in [-0.15, -0.1) is 0 Å². The molecule has 0 aromatic heterocycles. The Morgan fingerprint density at radius 3 is 2.36 bits per heavy atom. The molecule has 2 saturated carbocycles. The lowest BCUT2D eigenvalue weighted by Gasteiger charge is -2.58. The second-order valence-electron chi connectivity index (χ2n) is 9.35. The van der Waals surface area contributed by atoms with Crippen LogP contribution >= 0.6 is 0 Å². The van der Waals surface area contributed by atoms with E-state index in [1.54, 1.807) is 4.90 Å². The van der Waals surface area contributed by atoms with Crippen molar-refractivity contribution >= 4 is 12.1 Å². The summed E-state index contributed by atoms with van der Waals surface area (Å²) >= 11 is 0. The first-order valence-electron chi connectivity index (χ1n) is 11.0. The Morgan fingerprint density at radius 1 is 1.14 bits per heavy atom. The van der Waals surface area contributed by atoms with Crippen molar-refractivity contribution in [2.24, 2.45) is 11.3 Å². The van der Waals surface area contributed by atoms with Gasteiger partial charge in [0.05, 0.1) is 13.7 Å².